The van der Waals surface area contributed by atoms with Crippen molar-refractivity contribution in [2.24, 2.45) is 0 Å². The zero-order valence-electron chi connectivity index (χ0n) is 9.18. The largest absolute Gasteiger partial charge is 0.508 e. The van der Waals surface area contributed by atoms with Crippen molar-refractivity contribution in [1.82, 2.24) is 0 Å². The number of phenolic OH excluding ortho intramolecular Hbond substituents is 1. The average molecular weight is 288 g/mol. The highest BCUT2D eigenvalue weighted by Gasteiger charge is 2.17. The first-order chi connectivity index (χ1) is 7.54. The molecule has 0 aliphatic heterocycles. The number of esters is 1. The zero-order valence-corrected chi connectivity index (χ0v) is 10.8. The quantitative estimate of drug-likeness (QED) is 0.677. The molecule has 0 saturated carbocycles. The van der Waals surface area contributed by atoms with E-state index in [1.165, 1.54) is 7.11 Å². The summed E-state index contributed by atoms with van der Waals surface area (Å²) in [6, 6.07) is 6.78. The Labute approximate surface area is 103 Å². The number of hydrogen-bond donors (Lipinski definition) is 1. The van der Waals surface area contributed by atoms with Gasteiger partial charge in [-0.3, -0.25) is 4.79 Å². The first-order valence-electron chi connectivity index (χ1n) is 4.76. The average Bonchev–Trinajstić information content (AvgIpc) is 2.28. The van der Waals surface area contributed by atoms with Crippen LogP contribution in [0, 0.1) is 0 Å². The predicted molar refractivity (Wildman–Crippen MR) is 66.1 cm³/mol. The third kappa shape index (κ3) is 3.41. The molecule has 0 spiro atoms. The van der Waals surface area contributed by atoms with E-state index in [4.69, 9.17) is 5.11 Å². The summed E-state index contributed by atoms with van der Waals surface area (Å²) in [6.07, 6.45) is 0. The van der Waals surface area contributed by atoms with E-state index in [2.05, 4.69) is 20.7 Å². The highest BCUT2D eigenvalue weighted by Crippen LogP contribution is 2.18. The molecule has 0 aliphatic rings. The number of rotatable bonds is 4. The maximum Gasteiger partial charge on any atom is 0.321 e. The highest BCUT2D eigenvalue weighted by molar-refractivity contribution is 9.10. The van der Waals surface area contributed by atoms with E-state index in [1.54, 1.807) is 24.3 Å². The van der Waals surface area contributed by atoms with Crippen molar-refractivity contribution in [1.29, 1.82) is 0 Å². The summed E-state index contributed by atoms with van der Waals surface area (Å²) in [5.41, 5.74) is 0.922. The Balaban J connectivity index is 2.61. The van der Waals surface area contributed by atoms with E-state index in [-0.39, 0.29) is 16.5 Å². The summed E-state index contributed by atoms with van der Waals surface area (Å²) in [6.45, 7) is 0.497. The lowest BCUT2D eigenvalue weighted by atomic mass is 10.2. The van der Waals surface area contributed by atoms with Crippen LogP contribution >= 0.6 is 15.9 Å². The van der Waals surface area contributed by atoms with Crippen LogP contribution in [0.4, 0.5) is 5.69 Å². The fraction of sp³-hybridized carbons (Fsp3) is 0.364. The molecule has 5 heteroatoms. The molecule has 0 saturated heterocycles. The number of hydrogen-bond acceptors (Lipinski definition) is 4. The molecular formula is C11H14BrNO3. The van der Waals surface area contributed by atoms with E-state index in [9.17, 15) is 4.79 Å². The van der Waals surface area contributed by atoms with Crippen LogP contribution in [0.3, 0.4) is 0 Å². The van der Waals surface area contributed by atoms with Crippen LogP contribution in [0.1, 0.15) is 0 Å². The first-order valence-corrected chi connectivity index (χ1v) is 5.68. The molecule has 0 heterocycles. The molecule has 4 nitrogen and oxygen atoms in total. The third-order valence-electron chi connectivity index (χ3n) is 2.18. The van der Waals surface area contributed by atoms with Gasteiger partial charge in [0.2, 0.25) is 0 Å². The molecule has 0 fully saturated rings. The van der Waals surface area contributed by atoms with Crippen molar-refractivity contribution in [2.45, 2.75) is 4.83 Å². The molecular weight excluding hydrogens is 274 g/mol. The second kappa shape index (κ2) is 5.75. The molecule has 1 rings (SSSR count). The molecule has 0 aliphatic carbocycles. The van der Waals surface area contributed by atoms with Crippen LogP contribution in [-0.2, 0) is 9.53 Å². The predicted octanol–water partition coefficient (Wildman–Crippen LogP) is 1.76. The summed E-state index contributed by atoms with van der Waals surface area (Å²) >= 11 is 3.25. The lowest BCUT2D eigenvalue weighted by molar-refractivity contribution is -0.139. The maximum absolute atomic E-state index is 11.2. The number of alkyl halides is 1. The van der Waals surface area contributed by atoms with E-state index >= 15 is 0 Å². The molecule has 1 unspecified atom stereocenters. The van der Waals surface area contributed by atoms with Gasteiger partial charge in [0.25, 0.3) is 0 Å². The lowest BCUT2D eigenvalue weighted by Crippen LogP contribution is -2.31. The second-order valence-electron chi connectivity index (χ2n) is 3.39. The molecule has 0 amide bonds. The van der Waals surface area contributed by atoms with Crippen LogP contribution in [0.2, 0.25) is 0 Å². The molecule has 0 aromatic heterocycles. The summed E-state index contributed by atoms with van der Waals surface area (Å²) < 4.78 is 4.62. The molecule has 1 aromatic rings. The smallest absolute Gasteiger partial charge is 0.321 e. The van der Waals surface area contributed by atoms with Crippen molar-refractivity contribution < 1.29 is 14.6 Å². The van der Waals surface area contributed by atoms with E-state index < -0.39 is 0 Å². The summed E-state index contributed by atoms with van der Waals surface area (Å²) in [5.74, 6) is -0.0776. The fourth-order valence-electron chi connectivity index (χ4n) is 1.26. The third-order valence-corrected chi connectivity index (χ3v) is 2.84. The molecule has 1 N–H and O–H groups in total. The topological polar surface area (TPSA) is 49.8 Å². The SMILES string of the molecule is COC(=O)C(Br)CN(C)c1ccc(O)cc1. The van der Waals surface area contributed by atoms with Crippen LogP contribution in [0.25, 0.3) is 0 Å². The number of phenols is 1. The van der Waals surface area contributed by atoms with Gasteiger partial charge in [0.15, 0.2) is 0 Å². The normalized spacial score (nSPS) is 11.9. The molecule has 1 aromatic carbocycles. The number of carbonyl (C=O) groups excluding carboxylic acids is 1. The Kier molecular flexibility index (Phi) is 4.61. The van der Waals surface area contributed by atoms with Crippen LogP contribution < -0.4 is 4.90 Å². The van der Waals surface area contributed by atoms with E-state index in [0.29, 0.717) is 6.54 Å². The van der Waals surface area contributed by atoms with Gasteiger partial charge in [0.05, 0.1) is 7.11 Å². The van der Waals surface area contributed by atoms with Gasteiger partial charge in [-0.25, -0.2) is 0 Å². The molecule has 16 heavy (non-hydrogen) atoms. The Morgan fingerprint density at radius 3 is 2.56 bits per heavy atom. The van der Waals surface area contributed by atoms with Crippen molar-refractivity contribution >= 4 is 27.6 Å². The molecule has 0 radical (unpaired) electrons. The minimum absolute atomic E-state index is 0.223. The van der Waals surface area contributed by atoms with Gasteiger partial charge in [-0.1, -0.05) is 15.9 Å². The van der Waals surface area contributed by atoms with Crippen LogP contribution in [0.5, 0.6) is 5.75 Å². The van der Waals surface area contributed by atoms with Crippen molar-refractivity contribution in [3.63, 3.8) is 0 Å². The van der Waals surface area contributed by atoms with Gasteiger partial charge < -0.3 is 14.7 Å². The maximum atomic E-state index is 11.2. The molecule has 0 bridgehead atoms. The lowest BCUT2D eigenvalue weighted by Gasteiger charge is -2.21. The van der Waals surface area contributed by atoms with E-state index in [1.807, 2.05) is 11.9 Å². The number of aromatic hydroxyl groups is 1. The first kappa shape index (κ1) is 12.8. The number of nitrogens with zero attached hydrogens (tertiary/aromatic N) is 1. The van der Waals surface area contributed by atoms with Gasteiger partial charge in [-0.15, -0.1) is 0 Å². The molecule has 1 atom stereocenters. The van der Waals surface area contributed by atoms with Gasteiger partial charge in [0.1, 0.15) is 10.6 Å². The standard InChI is InChI=1S/C11H14BrNO3/c1-13(7-10(12)11(15)16-2)8-3-5-9(14)6-4-8/h3-6,10,14H,7H2,1-2H3. The van der Waals surface area contributed by atoms with Crippen LogP contribution in [-0.4, -0.2) is 36.6 Å². The second-order valence-corrected chi connectivity index (χ2v) is 4.49. The van der Waals surface area contributed by atoms with Crippen LogP contribution in [0.15, 0.2) is 24.3 Å². The van der Waals surface area contributed by atoms with Crippen molar-refractivity contribution in [3.8, 4) is 5.75 Å². The van der Waals surface area contributed by atoms with E-state index in [0.717, 1.165) is 5.69 Å². The number of halogens is 1. The van der Waals surface area contributed by atoms with Gasteiger partial charge in [-0.2, -0.15) is 0 Å². The summed E-state index contributed by atoms with van der Waals surface area (Å²) in [4.78, 5) is 12.7. The zero-order chi connectivity index (χ0) is 12.1. The van der Waals surface area contributed by atoms with Gasteiger partial charge in [-0.05, 0) is 24.3 Å². The Morgan fingerprint density at radius 1 is 1.50 bits per heavy atom. The van der Waals surface area contributed by atoms with Crippen molar-refractivity contribution in [3.05, 3.63) is 24.3 Å². The Morgan fingerprint density at radius 2 is 2.06 bits per heavy atom. The highest BCUT2D eigenvalue weighted by atomic mass is 79.9. The molecule has 88 valence electrons. The van der Waals surface area contributed by atoms with Crippen molar-refractivity contribution in [2.75, 3.05) is 25.6 Å². The Hall–Kier alpha value is -1.23. The number of anilines is 1. The van der Waals surface area contributed by atoms with Gasteiger partial charge in [0, 0.05) is 19.3 Å². The summed E-state index contributed by atoms with van der Waals surface area (Å²) in [7, 11) is 3.22. The fourth-order valence-corrected chi connectivity index (χ4v) is 1.88. The number of benzene rings is 1. The summed E-state index contributed by atoms with van der Waals surface area (Å²) in [5, 5.41) is 9.14. The number of ether oxygens (including phenoxy) is 1. The number of carbonyl (C=O) groups is 1. The number of methoxy groups -OCH3 is 1. The monoisotopic (exact) mass is 287 g/mol. The minimum Gasteiger partial charge on any atom is -0.508 e. The Bertz CT molecular complexity index is 353. The van der Waals surface area contributed by atoms with Gasteiger partial charge >= 0.3 is 5.97 Å². The minimum atomic E-state index is -0.365.